The van der Waals surface area contributed by atoms with Gasteiger partial charge in [0.2, 0.25) is 0 Å². The fourth-order valence-electron chi connectivity index (χ4n) is 4.08. The maximum absolute atomic E-state index is 13.5. The molecule has 0 saturated carbocycles. The normalized spacial score (nSPS) is 13.7. The maximum atomic E-state index is 13.5. The number of ether oxygens (including phenoxy) is 1. The first-order chi connectivity index (χ1) is 13.3. The van der Waals surface area contributed by atoms with E-state index in [9.17, 15) is 4.79 Å². The Morgan fingerprint density at radius 1 is 1.04 bits per heavy atom. The molecule has 0 saturated heterocycles. The van der Waals surface area contributed by atoms with E-state index in [4.69, 9.17) is 4.74 Å². The Labute approximate surface area is 157 Å². The molecule has 2 heterocycles. The van der Waals surface area contributed by atoms with Gasteiger partial charge in [-0.05, 0) is 59.6 Å². The minimum absolute atomic E-state index is 0.0147. The SMILES string of the molecule is COc1ccc2c(c1)c1c(n2C(=O)c2ccc3ccccc3c2)CNCC1. The highest BCUT2D eigenvalue weighted by Crippen LogP contribution is 2.32. The number of nitrogens with one attached hydrogen (secondary N) is 1. The Bertz CT molecular complexity index is 1190. The Balaban J connectivity index is 1.72. The Kier molecular flexibility index (Phi) is 3.73. The molecule has 0 unspecified atom stereocenters. The van der Waals surface area contributed by atoms with E-state index in [1.165, 1.54) is 5.56 Å². The summed E-state index contributed by atoms with van der Waals surface area (Å²) in [7, 11) is 1.67. The lowest BCUT2D eigenvalue weighted by Crippen LogP contribution is -2.27. The number of rotatable bonds is 2. The zero-order valence-corrected chi connectivity index (χ0v) is 15.2. The van der Waals surface area contributed by atoms with E-state index in [2.05, 4.69) is 11.4 Å². The van der Waals surface area contributed by atoms with Gasteiger partial charge in [-0.3, -0.25) is 9.36 Å². The molecule has 4 nitrogen and oxygen atoms in total. The molecule has 5 rings (SSSR count). The average molecular weight is 356 g/mol. The lowest BCUT2D eigenvalue weighted by atomic mass is 10.0. The molecule has 4 heteroatoms. The first-order valence-electron chi connectivity index (χ1n) is 9.20. The van der Waals surface area contributed by atoms with Crippen LogP contribution in [0.2, 0.25) is 0 Å². The van der Waals surface area contributed by atoms with E-state index < -0.39 is 0 Å². The molecule has 4 aromatic rings. The Hall–Kier alpha value is -3.11. The van der Waals surface area contributed by atoms with Gasteiger partial charge in [0, 0.05) is 23.2 Å². The molecule has 0 fully saturated rings. The zero-order chi connectivity index (χ0) is 18.4. The van der Waals surface area contributed by atoms with Crippen molar-refractivity contribution >= 4 is 27.6 Å². The molecular weight excluding hydrogens is 336 g/mol. The summed E-state index contributed by atoms with van der Waals surface area (Å²) in [6, 6.07) is 20.0. The Morgan fingerprint density at radius 2 is 1.89 bits per heavy atom. The van der Waals surface area contributed by atoms with Crippen molar-refractivity contribution in [1.82, 2.24) is 9.88 Å². The van der Waals surface area contributed by atoms with Gasteiger partial charge in [0.05, 0.1) is 12.6 Å². The van der Waals surface area contributed by atoms with Gasteiger partial charge < -0.3 is 10.1 Å². The molecule has 0 radical (unpaired) electrons. The number of carbonyl (C=O) groups excluding carboxylic acids is 1. The molecule has 0 amide bonds. The summed E-state index contributed by atoms with van der Waals surface area (Å²) in [6.45, 7) is 1.62. The third-order valence-corrected chi connectivity index (χ3v) is 5.43. The number of nitrogens with zero attached hydrogens (tertiary/aromatic N) is 1. The smallest absolute Gasteiger partial charge is 0.262 e. The van der Waals surface area contributed by atoms with Crippen molar-refractivity contribution in [2.75, 3.05) is 13.7 Å². The second kappa shape index (κ2) is 6.25. The van der Waals surface area contributed by atoms with Crippen LogP contribution < -0.4 is 10.1 Å². The molecule has 1 aromatic heterocycles. The second-order valence-electron chi connectivity index (χ2n) is 6.94. The van der Waals surface area contributed by atoms with Gasteiger partial charge in [0.1, 0.15) is 5.75 Å². The highest BCUT2D eigenvalue weighted by atomic mass is 16.5. The zero-order valence-electron chi connectivity index (χ0n) is 15.2. The molecule has 27 heavy (non-hydrogen) atoms. The van der Waals surface area contributed by atoms with Gasteiger partial charge in [0.15, 0.2) is 0 Å². The van der Waals surface area contributed by atoms with E-state index in [1.54, 1.807) is 7.11 Å². The number of hydrogen-bond acceptors (Lipinski definition) is 3. The van der Waals surface area contributed by atoms with Gasteiger partial charge in [-0.25, -0.2) is 0 Å². The molecule has 1 aliphatic heterocycles. The summed E-state index contributed by atoms with van der Waals surface area (Å²) in [4.78, 5) is 13.5. The molecule has 0 atom stereocenters. The van der Waals surface area contributed by atoms with E-state index in [1.807, 2.05) is 59.2 Å². The quantitative estimate of drug-likeness (QED) is 0.587. The van der Waals surface area contributed by atoms with Crippen molar-refractivity contribution in [3.05, 3.63) is 77.5 Å². The van der Waals surface area contributed by atoms with E-state index in [-0.39, 0.29) is 5.91 Å². The van der Waals surface area contributed by atoms with E-state index in [0.29, 0.717) is 12.1 Å². The van der Waals surface area contributed by atoms with E-state index >= 15 is 0 Å². The van der Waals surface area contributed by atoms with Crippen molar-refractivity contribution in [2.24, 2.45) is 0 Å². The number of fused-ring (bicyclic) bond motifs is 4. The largest absolute Gasteiger partial charge is 0.497 e. The average Bonchev–Trinajstić information content (AvgIpc) is 3.06. The molecule has 134 valence electrons. The van der Waals surface area contributed by atoms with Crippen LogP contribution in [0.15, 0.2) is 60.7 Å². The van der Waals surface area contributed by atoms with Gasteiger partial charge in [-0.1, -0.05) is 30.3 Å². The van der Waals surface area contributed by atoms with E-state index in [0.717, 1.165) is 46.1 Å². The third-order valence-electron chi connectivity index (χ3n) is 5.43. The predicted octanol–water partition coefficient (Wildman–Crippen LogP) is 4.14. The summed E-state index contributed by atoms with van der Waals surface area (Å²) < 4.78 is 7.28. The molecule has 0 bridgehead atoms. The molecule has 0 spiro atoms. The van der Waals surface area contributed by atoms with Crippen LogP contribution in [0.3, 0.4) is 0 Å². The van der Waals surface area contributed by atoms with Gasteiger partial charge in [-0.2, -0.15) is 0 Å². The fourth-order valence-corrected chi connectivity index (χ4v) is 4.08. The number of hydrogen-bond donors (Lipinski definition) is 1. The Morgan fingerprint density at radius 3 is 2.74 bits per heavy atom. The molecule has 3 aromatic carbocycles. The third kappa shape index (κ3) is 2.53. The molecule has 1 aliphatic rings. The minimum atomic E-state index is 0.0147. The first-order valence-corrected chi connectivity index (χ1v) is 9.20. The monoisotopic (exact) mass is 356 g/mol. The first kappa shape index (κ1) is 16.1. The number of benzene rings is 3. The van der Waals surface area contributed by atoms with Crippen molar-refractivity contribution in [1.29, 1.82) is 0 Å². The van der Waals surface area contributed by atoms with Gasteiger partial charge in [0.25, 0.3) is 5.91 Å². The topological polar surface area (TPSA) is 43.3 Å². The number of carbonyl (C=O) groups is 1. The van der Waals surface area contributed by atoms with Crippen LogP contribution in [0.5, 0.6) is 5.75 Å². The maximum Gasteiger partial charge on any atom is 0.262 e. The number of aromatic nitrogens is 1. The lowest BCUT2D eigenvalue weighted by molar-refractivity contribution is 0.0961. The van der Waals surface area contributed by atoms with Crippen LogP contribution in [0.1, 0.15) is 21.6 Å². The van der Waals surface area contributed by atoms with Crippen molar-refractivity contribution < 1.29 is 9.53 Å². The second-order valence-corrected chi connectivity index (χ2v) is 6.94. The summed E-state index contributed by atoms with van der Waals surface area (Å²) in [5.74, 6) is 0.833. The fraction of sp³-hybridized carbons (Fsp3) is 0.174. The van der Waals surface area contributed by atoms with Crippen LogP contribution >= 0.6 is 0 Å². The summed E-state index contributed by atoms with van der Waals surface area (Å²) in [6.07, 6.45) is 0.914. The highest BCUT2D eigenvalue weighted by molar-refractivity contribution is 6.06. The summed E-state index contributed by atoms with van der Waals surface area (Å²) in [5, 5.41) is 6.73. The minimum Gasteiger partial charge on any atom is -0.497 e. The lowest BCUT2D eigenvalue weighted by Gasteiger charge is -2.16. The van der Waals surface area contributed by atoms with Crippen molar-refractivity contribution in [2.45, 2.75) is 13.0 Å². The molecule has 0 aliphatic carbocycles. The van der Waals surface area contributed by atoms with Crippen molar-refractivity contribution in [3.63, 3.8) is 0 Å². The van der Waals surface area contributed by atoms with Crippen LogP contribution in [0.25, 0.3) is 21.7 Å². The number of methoxy groups -OCH3 is 1. The molecule has 1 N–H and O–H groups in total. The van der Waals surface area contributed by atoms with Gasteiger partial charge >= 0.3 is 0 Å². The standard InChI is InChI=1S/C23H20N2O2/c1-27-18-8-9-21-20(13-18)19-10-11-24-14-22(19)25(21)23(26)17-7-6-15-4-2-3-5-16(15)12-17/h2-9,12-13,24H,10-11,14H2,1H3. The van der Waals surface area contributed by atoms with Crippen LogP contribution in [-0.4, -0.2) is 24.1 Å². The highest BCUT2D eigenvalue weighted by Gasteiger charge is 2.24. The van der Waals surface area contributed by atoms with Crippen molar-refractivity contribution in [3.8, 4) is 5.75 Å². The summed E-state index contributed by atoms with van der Waals surface area (Å²) >= 11 is 0. The van der Waals surface area contributed by atoms with Crippen LogP contribution in [0, 0.1) is 0 Å². The van der Waals surface area contributed by atoms with Crippen LogP contribution in [0.4, 0.5) is 0 Å². The summed E-state index contributed by atoms with van der Waals surface area (Å²) in [5.41, 5.74) is 3.96. The predicted molar refractivity (Wildman–Crippen MR) is 108 cm³/mol. The van der Waals surface area contributed by atoms with Gasteiger partial charge in [-0.15, -0.1) is 0 Å². The molecular formula is C23H20N2O2. The van der Waals surface area contributed by atoms with Crippen LogP contribution in [-0.2, 0) is 13.0 Å².